The highest BCUT2D eigenvalue weighted by molar-refractivity contribution is 6.45. The molecule has 3 aliphatic heterocycles. The normalized spacial score (nSPS) is 24.8. The summed E-state index contributed by atoms with van der Waals surface area (Å²) in [6.45, 7) is 27.5. The molecule has 0 radical (unpaired) electrons. The lowest BCUT2D eigenvalue weighted by Crippen LogP contribution is -2.62. The molecule has 1 N–H and O–H groups in total. The van der Waals surface area contributed by atoms with Gasteiger partial charge in [-0.25, -0.2) is 0 Å². The highest BCUT2D eigenvalue weighted by atomic mass is 16.2. The van der Waals surface area contributed by atoms with E-state index in [-0.39, 0.29) is 18.5 Å². The Bertz CT molecular complexity index is 1210. The molecule has 3 fully saturated rings. The molecule has 45 heavy (non-hydrogen) atoms. The van der Waals surface area contributed by atoms with E-state index in [4.69, 9.17) is 0 Å². The van der Waals surface area contributed by atoms with Gasteiger partial charge in [0.25, 0.3) is 0 Å². The van der Waals surface area contributed by atoms with Crippen molar-refractivity contribution < 1.29 is 9.82 Å². The molecule has 5 rings (SSSR count). The third kappa shape index (κ3) is 8.98. The summed E-state index contributed by atoms with van der Waals surface area (Å²) in [7, 11) is -0.334. The maximum Gasteiger partial charge on any atom is 0.376 e. The monoisotopic (exact) mass is 617 g/mol. The molecule has 0 spiro atoms. The molecule has 2 aromatic carbocycles. The van der Waals surface area contributed by atoms with Gasteiger partial charge in [0, 0.05) is 89.0 Å². The van der Waals surface area contributed by atoms with E-state index in [9.17, 15) is 9.82 Å². The summed E-state index contributed by atoms with van der Waals surface area (Å²) in [5.41, 5.74) is 5.66. The van der Waals surface area contributed by atoms with Gasteiger partial charge >= 0.3 is 7.05 Å². The molecule has 3 heterocycles. The molecule has 0 aromatic heterocycles. The fourth-order valence-electron chi connectivity index (χ4n) is 7.64. The van der Waals surface area contributed by atoms with Gasteiger partial charge in [0.15, 0.2) is 0 Å². The maximum absolute atomic E-state index is 11.6. The molecular weight excluding hydrogens is 557 g/mol. The fourth-order valence-corrected chi connectivity index (χ4v) is 7.64. The quantitative estimate of drug-likeness (QED) is 0.424. The molecular formula is C37H60BN5O2. The van der Waals surface area contributed by atoms with Gasteiger partial charge < -0.3 is 14.7 Å². The predicted molar refractivity (Wildman–Crippen MR) is 188 cm³/mol. The van der Waals surface area contributed by atoms with E-state index in [2.05, 4.69) is 117 Å². The topological polar surface area (TPSA) is 53.5 Å². The number of benzene rings is 2. The summed E-state index contributed by atoms with van der Waals surface area (Å²) >= 11 is 0. The van der Waals surface area contributed by atoms with Crippen LogP contribution < -0.4 is 0 Å². The van der Waals surface area contributed by atoms with Gasteiger partial charge in [-0.1, -0.05) is 59.7 Å². The largest absolute Gasteiger partial charge is 0.437 e. The molecule has 4 atom stereocenters. The number of rotatable bonds is 6. The molecule has 1 amide bonds. The zero-order chi connectivity index (χ0) is 32.9. The number of hydrogen-bond donors (Lipinski definition) is 1. The van der Waals surface area contributed by atoms with E-state index in [1.54, 1.807) is 6.92 Å². The zero-order valence-electron chi connectivity index (χ0n) is 29.7. The van der Waals surface area contributed by atoms with Crippen molar-refractivity contribution in [2.45, 2.75) is 105 Å². The van der Waals surface area contributed by atoms with Crippen molar-refractivity contribution >= 4 is 13.0 Å². The molecule has 3 saturated heterocycles. The van der Waals surface area contributed by atoms with E-state index in [1.807, 2.05) is 11.7 Å². The molecule has 0 saturated carbocycles. The number of carbonyl (C=O) groups is 1. The first-order chi connectivity index (χ1) is 21.3. The van der Waals surface area contributed by atoms with E-state index in [0.29, 0.717) is 24.2 Å². The van der Waals surface area contributed by atoms with Gasteiger partial charge in [-0.2, -0.15) is 0 Å². The average Bonchev–Trinajstić information content (AvgIpc) is 3.01. The Kier molecular flexibility index (Phi) is 12.3. The Hall–Kier alpha value is -2.23. The number of piperazine rings is 2. The molecule has 0 unspecified atom stereocenters. The average molecular weight is 618 g/mol. The highest BCUT2D eigenvalue weighted by Crippen LogP contribution is 2.33. The van der Waals surface area contributed by atoms with Crippen LogP contribution in [0.1, 0.15) is 88.7 Å². The van der Waals surface area contributed by atoms with Crippen LogP contribution in [0.15, 0.2) is 48.5 Å². The Balaban J connectivity index is 0.000000215. The van der Waals surface area contributed by atoms with Crippen LogP contribution >= 0.6 is 0 Å². The smallest absolute Gasteiger partial charge is 0.376 e. The summed E-state index contributed by atoms with van der Waals surface area (Å²) in [6, 6.07) is 19.7. The van der Waals surface area contributed by atoms with E-state index in [0.717, 1.165) is 65.2 Å². The standard InChI is InChI=1S/C22H35N3O.C15H25BN2O/c1-17-6-8-21(9-7-17)19(3)25-15-14-24(16-18(25)2)22(5)10-12-23(13-11-22)20(4)26;1-12-5-7-15(8-6-12)14(3)18-10-9-17(16(4)19)11-13(18)2/h6-9,18-19H,10-16H2,1-5H3;5-8,13-14,19H,9-11H2,1-4H3/t18-,19-;13-,14-/m00/s1. The van der Waals surface area contributed by atoms with Gasteiger partial charge in [0.2, 0.25) is 5.91 Å². The number of aryl methyl sites for hydroxylation is 2. The predicted octanol–water partition coefficient (Wildman–Crippen LogP) is 5.64. The summed E-state index contributed by atoms with van der Waals surface area (Å²) in [5.74, 6) is 0.220. The van der Waals surface area contributed by atoms with Crippen LogP contribution in [-0.2, 0) is 4.79 Å². The SMILES string of the molecule is CB(O)N1CCN([C@@H](C)c2ccc(C)cc2)[C@@H](C)C1.CC(=O)N1CCC(C)(N2CCN([C@@H](C)c3ccc(C)cc3)[C@@H](C)C2)CC1. The van der Waals surface area contributed by atoms with Crippen LogP contribution in [0.3, 0.4) is 0 Å². The number of amides is 1. The Labute approximate surface area is 274 Å². The van der Waals surface area contributed by atoms with Crippen molar-refractivity contribution in [2.75, 3.05) is 52.4 Å². The van der Waals surface area contributed by atoms with Crippen LogP contribution in [0, 0.1) is 13.8 Å². The number of hydrogen-bond acceptors (Lipinski definition) is 6. The minimum Gasteiger partial charge on any atom is -0.437 e. The number of carbonyl (C=O) groups excluding carboxylic acids is 1. The van der Waals surface area contributed by atoms with Crippen molar-refractivity contribution in [1.82, 2.24) is 24.4 Å². The lowest BCUT2D eigenvalue weighted by Gasteiger charge is -2.52. The van der Waals surface area contributed by atoms with Gasteiger partial charge in [-0.05, 0) is 79.3 Å². The maximum atomic E-state index is 11.6. The minimum absolute atomic E-state index is 0.220. The number of piperidine rings is 1. The second-order valence-corrected chi connectivity index (χ2v) is 14.4. The zero-order valence-corrected chi connectivity index (χ0v) is 29.7. The third-order valence-electron chi connectivity index (χ3n) is 11.1. The molecule has 0 bridgehead atoms. The van der Waals surface area contributed by atoms with Crippen LogP contribution in [0.2, 0.25) is 6.82 Å². The van der Waals surface area contributed by atoms with Crippen molar-refractivity contribution in [1.29, 1.82) is 0 Å². The Morgan fingerprint density at radius 2 is 1.22 bits per heavy atom. The first-order valence-corrected chi connectivity index (χ1v) is 17.4. The van der Waals surface area contributed by atoms with Gasteiger partial charge in [-0.15, -0.1) is 0 Å². The van der Waals surface area contributed by atoms with Gasteiger partial charge in [0.1, 0.15) is 0 Å². The summed E-state index contributed by atoms with van der Waals surface area (Å²) in [6.07, 6.45) is 2.18. The molecule has 248 valence electrons. The molecule has 8 heteroatoms. The second kappa shape index (κ2) is 15.6. The van der Waals surface area contributed by atoms with Gasteiger partial charge in [0.05, 0.1) is 0 Å². The van der Waals surface area contributed by atoms with Crippen LogP contribution in [0.25, 0.3) is 0 Å². The first kappa shape index (κ1) is 35.6. The van der Waals surface area contributed by atoms with Crippen LogP contribution in [0.5, 0.6) is 0 Å². The Morgan fingerprint density at radius 3 is 1.62 bits per heavy atom. The minimum atomic E-state index is -0.334. The first-order valence-electron chi connectivity index (χ1n) is 17.4. The Morgan fingerprint density at radius 1 is 0.778 bits per heavy atom. The van der Waals surface area contributed by atoms with E-state index < -0.39 is 0 Å². The van der Waals surface area contributed by atoms with Crippen LogP contribution in [0.4, 0.5) is 0 Å². The van der Waals surface area contributed by atoms with E-state index >= 15 is 0 Å². The number of nitrogens with zero attached hydrogens (tertiary/aromatic N) is 5. The van der Waals surface area contributed by atoms with Crippen molar-refractivity contribution in [3.8, 4) is 0 Å². The van der Waals surface area contributed by atoms with Crippen LogP contribution in [-0.4, -0.2) is 112 Å². The second-order valence-electron chi connectivity index (χ2n) is 14.4. The lowest BCUT2D eigenvalue weighted by molar-refractivity contribution is -0.132. The van der Waals surface area contributed by atoms with Crippen molar-refractivity contribution in [3.63, 3.8) is 0 Å². The highest BCUT2D eigenvalue weighted by Gasteiger charge is 2.40. The molecule has 7 nitrogen and oxygen atoms in total. The summed E-state index contributed by atoms with van der Waals surface area (Å²) in [5, 5.41) is 9.67. The molecule has 0 aliphatic carbocycles. The lowest BCUT2D eigenvalue weighted by atomic mass is 9.83. The van der Waals surface area contributed by atoms with E-state index in [1.165, 1.54) is 22.3 Å². The molecule has 3 aliphatic rings. The summed E-state index contributed by atoms with van der Waals surface area (Å²) < 4.78 is 0. The summed E-state index contributed by atoms with van der Waals surface area (Å²) in [4.78, 5) is 23.6. The molecule has 2 aromatic rings. The van der Waals surface area contributed by atoms with Crippen molar-refractivity contribution in [3.05, 3.63) is 70.8 Å². The third-order valence-corrected chi connectivity index (χ3v) is 11.1. The van der Waals surface area contributed by atoms with Gasteiger partial charge in [-0.3, -0.25) is 19.5 Å². The number of likely N-dealkylation sites (tertiary alicyclic amines) is 1. The van der Waals surface area contributed by atoms with Crippen molar-refractivity contribution in [2.24, 2.45) is 0 Å². The fraction of sp³-hybridized carbons (Fsp3) is 0.649.